The van der Waals surface area contributed by atoms with Gasteiger partial charge in [-0.05, 0) is 24.6 Å². The Balaban J connectivity index is 2.33. The molecule has 0 radical (unpaired) electrons. The van der Waals surface area contributed by atoms with Gasteiger partial charge in [0.05, 0.1) is 0 Å². The van der Waals surface area contributed by atoms with Gasteiger partial charge in [-0.2, -0.15) is 13.2 Å². The van der Waals surface area contributed by atoms with E-state index < -0.39 is 19.6 Å². The number of benzene rings is 1. The van der Waals surface area contributed by atoms with Crippen molar-refractivity contribution in [3.8, 4) is 5.75 Å². The Morgan fingerprint density at radius 3 is 2.29 bits per heavy atom. The zero-order valence-electron chi connectivity index (χ0n) is 9.33. The van der Waals surface area contributed by atoms with Crippen molar-refractivity contribution in [2.75, 3.05) is 13.4 Å². The van der Waals surface area contributed by atoms with Crippen molar-refractivity contribution in [1.29, 1.82) is 0 Å². The molecule has 0 saturated carbocycles. The molecule has 0 aliphatic heterocycles. The third-order valence-corrected chi connectivity index (χ3v) is 1.98. The van der Waals surface area contributed by atoms with Gasteiger partial charge in [0.15, 0.2) is 6.79 Å². The van der Waals surface area contributed by atoms with Gasteiger partial charge in [-0.15, -0.1) is 0 Å². The van der Waals surface area contributed by atoms with E-state index in [1.165, 1.54) is 0 Å². The van der Waals surface area contributed by atoms with Crippen LogP contribution < -0.4 is 10.5 Å². The predicted molar refractivity (Wildman–Crippen MR) is 56.5 cm³/mol. The fourth-order valence-electron chi connectivity index (χ4n) is 1.13. The molecule has 0 amide bonds. The fraction of sp³-hybridized carbons (Fsp3) is 0.455. The van der Waals surface area contributed by atoms with Gasteiger partial charge in [-0.3, -0.25) is 0 Å². The second-order valence-electron chi connectivity index (χ2n) is 3.58. The van der Waals surface area contributed by atoms with Crippen molar-refractivity contribution in [3.63, 3.8) is 0 Å². The molecule has 1 unspecified atom stereocenters. The maximum atomic E-state index is 11.7. The summed E-state index contributed by atoms with van der Waals surface area (Å²) in [4.78, 5) is 0. The van der Waals surface area contributed by atoms with E-state index in [1.54, 1.807) is 24.3 Å². The van der Waals surface area contributed by atoms with Gasteiger partial charge in [0.25, 0.3) is 0 Å². The van der Waals surface area contributed by atoms with Crippen LogP contribution in [0.2, 0.25) is 0 Å². The Labute approximate surface area is 97.3 Å². The number of alkyl halides is 3. The third-order valence-electron chi connectivity index (χ3n) is 1.98. The minimum atomic E-state index is -4.33. The summed E-state index contributed by atoms with van der Waals surface area (Å²) in [6.07, 6.45) is -4.33. The minimum absolute atomic E-state index is 0.0921. The van der Waals surface area contributed by atoms with Crippen LogP contribution in [0.4, 0.5) is 13.2 Å². The molecule has 1 atom stereocenters. The molecule has 0 fully saturated rings. The first kappa shape index (κ1) is 13.8. The van der Waals surface area contributed by atoms with Gasteiger partial charge in [-0.1, -0.05) is 12.1 Å². The van der Waals surface area contributed by atoms with Crippen LogP contribution in [0.5, 0.6) is 5.75 Å². The van der Waals surface area contributed by atoms with Crippen LogP contribution >= 0.6 is 0 Å². The molecular weight excluding hydrogens is 235 g/mol. The van der Waals surface area contributed by atoms with Crippen molar-refractivity contribution >= 4 is 0 Å². The van der Waals surface area contributed by atoms with Crippen molar-refractivity contribution in [1.82, 2.24) is 0 Å². The summed E-state index contributed by atoms with van der Waals surface area (Å²) < 4.78 is 44.5. The monoisotopic (exact) mass is 249 g/mol. The summed E-state index contributed by atoms with van der Waals surface area (Å²) >= 11 is 0. The Bertz CT molecular complexity index is 336. The first-order valence-electron chi connectivity index (χ1n) is 5.01. The number of hydrogen-bond acceptors (Lipinski definition) is 3. The van der Waals surface area contributed by atoms with Crippen molar-refractivity contribution in [2.24, 2.45) is 5.73 Å². The van der Waals surface area contributed by atoms with E-state index in [-0.39, 0.29) is 6.04 Å². The smallest absolute Gasteiger partial charge is 0.411 e. The maximum Gasteiger partial charge on any atom is 0.411 e. The summed E-state index contributed by atoms with van der Waals surface area (Å²) in [5, 5.41) is 0. The van der Waals surface area contributed by atoms with Crippen LogP contribution in [0.3, 0.4) is 0 Å². The summed E-state index contributed by atoms with van der Waals surface area (Å²) in [5.74, 6) is 0.441. The highest BCUT2D eigenvalue weighted by Gasteiger charge is 2.27. The van der Waals surface area contributed by atoms with Crippen molar-refractivity contribution in [3.05, 3.63) is 29.8 Å². The molecule has 0 aromatic heterocycles. The van der Waals surface area contributed by atoms with Crippen LogP contribution in [0.1, 0.15) is 18.5 Å². The topological polar surface area (TPSA) is 44.5 Å². The quantitative estimate of drug-likeness (QED) is 0.644. The molecule has 17 heavy (non-hydrogen) atoms. The van der Waals surface area contributed by atoms with E-state index in [1.807, 2.05) is 6.92 Å². The lowest BCUT2D eigenvalue weighted by Gasteiger charge is -2.10. The van der Waals surface area contributed by atoms with Gasteiger partial charge in [0.2, 0.25) is 0 Å². The van der Waals surface area contributed by atoms with Gasteiger partial charge in [-0.25, -0.2) is 0 Å². The minimum Gasteiger partial charge on any atom is -0.468 e. The molecule has 96 valence electrons. The molecule has 2 N–H and O–H groups in total. The normalized spacial score (nSPS) is 13.5. The van der Waals surface area contributed by atoms with Crippen LogP contribution in [-0.2, 0) is 4.74 Å². The molecule has 1 aromatic rings. The molecule has 6 heteroatoms. The Morgan fingerprint density at radius 1 is 1.24 bits per heavy atom. The maximum absolute atomic E-state index is 11.7. The Kier molecular flexibility index (Phi) is 4.77. The van der Waals surface area contributed by atoms with E-state index in [0.29, 0.717) is 5.75 Å². The van der Waals surface area contributed by atoms with E-state index >= 15 is 0 Å². The lowest BCUT2D eigenvalue weighted by molar-refractivity contribution is -0.186. The Morgan fingerprint density at radius 2 is 1.82 bits per heavy atom. The van der Waals surface area contributed by atoms with Crippen LogP contribution in [0.15, 0.2) is 24.3 Å². The molecule has 0 aliphatic carbocycles. The second-order valence-corrected chi connectivity index (χ2v) is 3.58. The lowest BCUT2D eigenvalue weighted by Crippen LogP contribution is -2.19. The van der Waals surface area contributed by atoms with Crippen LogP contribution in [0.25, 0.3) is 0 Å². The summed E-state index contributed by atoms with van der Waals surface area (Å²) in [6, 6.07) is 6.68. The molecule has 1 rings (SSSR count). The van der Waals surface area contributed by atoms with Crippen molar-refractivity contribution in [2.45, 2.75) is 19.1 Å². The summed E-state index contributed by atoms with van der Waals surface area (Å²) in [6.45, 7) is 0.0876. The molecule has 3 nitrogen and oxygen atoms in total. The van der Waals surface area contributed by atoms with Gasteiger partial charge in [0.1, 0.15) is 12.4 Å². The van der Waals surface area contributed by atoms with Crippen molar-refractivity contribution < 1.29 is 22.6 Å². The zero-order chi connectivity index (χ0) is 12.9. The van der Waals surface area contributed by atoms with Gasteiger partial charge in [0, 0.05) is 6.04 Å². The average molecular weight is 249 g/mol. The standard InChI is InChI=1S/C11H14F3NO2/c1-8(15)9-2-4-10(5-3-9)17-7-16-6-11(12,13)14/h2-5,8H,6-7,15H2,1H3. The second kappa shape index (κ2) is 5.88. The fourth-order valence-corrected chi connectivity index (χ4v) is 1.13. The number of hydrogen-bond donors (Lipinski definition) is 1. The summed E-state index contributed by atoms with van der Waals surface area (Å²) in [7, 11) is 0. The highest BCUT2D eigenvalue weighted by atomic mass is 19.4. The molecule has 0 aliphatic rings. The van der Waals surface area contributed by atoms with Gasteiger partial charge >= 0.3 is 6.18 Å². The molecule has 1 aromatic carbocycles. The van der Waals surface area contributed by atoms with Crippen LogP contribution in [0, 0.1) is 0 Å². The molecule has 0 saturated heterocycles. The predicted octanol–water partition coefficient (Wildman–Crippen LogP) is 2.62. The molecular formula is C11H14F3NO2. The Hall–Kier alpha value is -1.27. The van der Waals surface area contributed by atoms with E-state index in [4.69, 9.17) is 10.5 Å². The third kappa shape index (κ3) is 5.55. The number of nitrogens with two attached hydrogens (primary N) is 1. The molecule has 0 spiro atoms. The lowest BCUT2D eigenvalue weighted by atomic mass is 10.1. The first-order chi connectivity index (χ1) is 7.88. The number of rotatable bonds is 5. The highest BCUT2D eigenvalue weighted by molar-refractivity contribution is 5.28. The van der Waals surface area contributed by atoms with Crippen LogP contribution in [-0.4, -0.2) is 19.6 Å². The van der Waals surface area contributed by atoms with E-state index in [2.05, 4.69) is 4.74 Å². The molecule has 0 bridgehead atoms. The first-order valence-corrected chi connectivity index (χ1v) is 5.01. The number of halogens is 3. The number of ether oxygens (including phenoxy) is 2. The largest absolute Gasteiger partial charge is 0.468 e. The summed E-state index contributed by atoms with van der Waals surface area (Å²) in [5.41, 5.74) is 6.57. The average Bonchev–Trinajstić information content (AvgIpc) is 2.24. The SMILES string of the molecule is CC(N)c1ccc(OCOCC(F)(F)F)cc1. The van der Waals surface area contributed by atoms with Gasteiger partial charge < -0.3 is 15.2 Å². The van der Waals surface area contributed by atoms with E-state index in [0.717, 1.165) is 5.56 Å². The highest BCUT2D eigenvalue weighted by Crippen LogP contribution is 2.17. The molecule has 0 heterocycles. The van der Waals surface area contributed by atoms with E-state index in [9.17, 15) is 13.2 Å². The zero-order valence-corrected chi connectivity index (χ0v) is 9.33.